The van der Waals surface area contributed by atoms with E-state index in [2.05, 4.69) is 129 Å². The first kappa shape index (κ1) is 32.1. The van der Waals surface area contributed by atoms with Crippen LogP contribution in [0.15, 0.2) is 170 Å². The van der Waals surface area contributed by atoms with E-state index < -0.39 is 0 Å². The molecule has 11 aromatic rings. The Labute approximate surface area is 326 Å². The van der Waals surface area contributed by atoms with E-state index in [9.17, 15) is 15.8 Å². The summed E-state index contributed by atoms with van der Waals surface area (Å²) in [6.07, 6.45) is 0. The van der Waals surface area contributed by atoms with Crippen molar-refractivity contribution in [3.8, 4) is 46.4 Å². The number of para-hydroxylation sites is 5. The number of nitriles is 3. The Balaban J connectivity index is 1.16. The van der Waals surface area contributed by atoms with Crippen LogP contribution in [0.3, 0.4) is 0 Å². The highest BCUT2D eigenvalue weighted by molar-refractivity contribution is 6.13. The third-order valence-electron chi connectivity index (χ3n) is 11.3. The monoisotopic (exact) mass is 724 g/mol. The van der Waals surface area contributed by atoms with E-state index in [-0.39, 0.29) is 0 Å². The molecule has 3 heterocycles. The van der Waals surface area contributed by atoms with Crippen LogP contribution in [0.25, 0.3) is 93.6 Å². The van der Waals surface area contributed by atoms with Gasteiger partial charge in [-0.15, -0.1) is 0 Å². The van der Waals surface area contributed by atoms with E-state index in [4.69, 9.17) is 0 Å². The molecule has 6 nitrogen and oxygen atoms in total. The number of hydrogen-bond acceptors (Lipinski definition) is 3. The molecule has 0 N–H and O–H groups in total. The molecule has 0 fully saturated rings. The zero-order valence-corrected chi connectivity index (χ0v) is 30.3. The van der Waals surface area contributed by atoms with Gasteiger partial charge in [0.1, 0.15) is 6.07 Å². The fraction of sp³-hybridized carbons (Fsp3) is 0. The third kappa shape index (κ3) is 4.68. The van der Waals surface area contributed by atoms with Gasteiger partial charge in [0.05, 0.1) is 67.6 Å². The number of aromatic nitrogens is 3. The van der Waals surface area contributed by atoms with Crippen LogP contribution in [0, 0.1) is 34.0 Å². The van der Waals surface area contributed by atoms with Gasteiger partial charge in [-0.3, -0.25) is 0 Å². The number of hydrogen-bond donors (Lipinski definition) is 0. The minimum Gasteiger partial charge on any atom is -0.309 e. The lowest BCUT2D eigenvalue weighted by atomic mass is 9.97. The topological polar surface area (TPSA) is 86.2 Å². The number of rotatable bonds is 4. The summed E-state index contributed by atoms with van der Waals surface area (Å²) >= 11 is 0. The van der Waals surface area contributed by atoms with Gasteiger partial charge in [0, 0.05) is 49.3 Å². The molecule has 0 saturated carbocycles. The molecule has 0 unspecified atom stereocenters. The zero-order valence-electron chi connectivity index (χ0n) is 30.3. The van der Waals surface area contributed by atoms with Gasteiger partial charge >= 0.3 is 0 Å². The first-order chi connectivity index (χ1) is 28.1. The van der Waals surface area contributed by atoms with Crippen molar-refractivity contribution in [2.24, 2.45) is 0 Å². The van der Waals surface area contributed by atoms with Crippen molar-refractivity contribution in [3.05, 3.63) is 187 Å². The average molecular weight is 725 g/mol. The van der Waals surface area contributed by atoms with Gasteiger partial charge in [0.2, 0.25) is 0 Å². The Kier molecular flexibility index (Phi) is 6.95. The van der Waals surface area contributed by atoms with Crippen molar-refractivity contribution in [2.45, 2.75) is 0 Å². The lowest BCUT2D eigenvalue weighted by Gasteiger charge is -2.17. The van der Waals surface area contributed by atoms with Crippen molar-refractivity contribution in [1.29, 1.82) is 15.8 Å². The first-order valence-electron chi connectivity index (χ1n) is 18.7. The molecule has 57 heavy (non-hydrogen) atoms. The minimum absolute atomic E-state index is 0.498. The summed E-state index contributed by atoms with van der Waals surface area (Å²) in [5.74, 6) is 0. The molecule has 0 bridgehead atoms. The molecule has 0 radical (unpaired) electrons. The Morgan fingerprint density at radius 2 is 0.842 bits per heavy atom. The number of nitrogens with zero attached hydrogens (tertiary/aromatic N) is 6. The van der Waals surface area contributed by atoms with E-state index >= 15 is 0 Å². The van der Waals surface area contributed by atoms with Gasteiger partial charge in [-0.2, -0.15) is 15.8 Å². The second kappa shape index (κ2) is 12.3. The molecule has 0 aliphatic rings. The summed E-state index contributed by atoms with van der Waals surface area (Å²) in [5, 5.41) is 37.4. The Bertz CT molecular complexity index is 3580. The third-order valence-corrected chi connectivity index (χ3v) is 11.3. The molecule has 11 rings (SSSR count). The quantitative estimate of drug-likeness (QED) is 0.181. The Hall–Kier alpha value is -8.37. The minimum atomic E-state index is 0.498. The fourth-order valence-electron chi connectivity index (χ4n) is 8.93. The van der Waals surface area contributed by atoms with E-state index in [1.54, 1.807) is 0 Å². The van der Waals surface area contributed by atoms with Crippen LogP contribution in [0.2, 0.25) is 0 Å². The van der Waals surface area contributed by atoms with E-state index in [1.807, 2.05) is 72.8 Å². The van der Waals surface area contributed by atoms with Crippen molar-refractivity contribution < 1.29 is 0 Å². The largest absolute Gasteiger partial charge is 0.309 e. The molecule has 8 aromatic carbocycles. The molecule has 0 aliphatic heterocycles. The summed E-state index contributed by atoms with van der Waals surface area (Å²) < 4.78 is 6.70. The molecule has 0 amide bonds. The maximum Gasteiger partial charge on any atom is 0.101 e. The summed E-state index contributed by atoms with van der Waals surface area (Å²) in [5.41, 5.74) is 12.0. The molecular weight excluding hydrogens is 697 g/mol. The van der Waals surface area contributed by atoms with Crippen LogP contribution in [-0.4, -0.2) is 13.7 Å². The van der Waals surface area contributed by atoms with E-state index in [1.165, 1.54) is 10.8 Å². The lowest BCUT2D eigenvalue weighted by molar-refractivity contribution is 1.16. The maximum absolute atomic E-state index is 10.6. The Morgan fingerprint density at radius 1 is 0.333 bits per heavy atom. The fourth-order valence-corrected chi connectivity index (χ4v) is 8.93. The standard InChI is InChI=1S/C51H28N6/c52-29-32-20-22-50-43(26-32)41-13-4-8-19-48(41)57(50)51-34(31-54)10-9-15-38(51)35-24-33(30-53)25-37(27-35)56-47-18-7-3-14-42(47)44-28-36(21-23-49(44)56)55-45-16-5-1-11-39(45)40-12-2-6-17-46(40)55/h1-28H. The summed E-state index contributed by atoms with van der Waals surface area (Å²) in [7, 11) is 0. The molecule has 0 atom stereocenters. The first-order valence-corrected chi connectivity index (χ1v) is 18.7. The van der Waals surface area contributed by atoms with Crippen molar-refractivity contribution in [3.63, 3.8) is 0 Å². The van der Waals surface area contributed by atoms with Crippen LogP contribution >= 0.6 is 0 Å². The van der Waals surface area contributed by atoms with Crippen LogP contribution in [0.4, 0.5) is 0 Å². The molecule has 0 aliphatic carbocycles. The number of fused-ring (bicyclic) bond motifs is 9. The average Bonchev–Trinajstić information content (AvgIpc) is 3.91. The SMILES string of the molecule is N#Cc1cc(-c2cccc(C#N)c2-n2c3ccccc3c3cc(C#N)ccc32)cc(-n2c3ccccc3c3cc(-n4c5ccccc5c5ccccc54)ccc32)c1. The van der Waals surface area contributed by atoms with Crippen LogP contribution < -0.4 is 0 Å². The van der Waals surface area contributed by atoms with Gasteiger partial charge in [0.25, 0.3) is 0 Å². The summed E-state index contributed by atoms with van der Waals surface area (Å²) in [4.78, 5) is 0. The second-order valence-electron chi connectivity index (χ2n) is 14.3. The van der Waals surface area contributed by atoms with Gasteiger partial charge in [-0.25, -0.2) is 0 Å². The van der Waals surface area contributed by atoms with Crippen molar-refractivity contribution in [1.82, 2.24) is 13.7 Å². The molecular formula is C51H28N6. The van der Waals surface area contributed by atoms with Gasteiger partial charge in [-0.1, -0.05) is 84.9 Å². The summed E-state index contributed by atoms with van der Waals surface area (Å²) in [6.45, 7) is 0. The zero-order chi connectivity index (χ0) is 38.2. The van der Waals surface area contributed by atoms with Crippen LogP contribution in [0.1, 0.15) is 16.7 Å². The molecule has 0 spiro atoms. The molecule has 3 aromatic heterocycles. The van der Waals surface area contributed by atoms with E-state index in [0.29, 0.717) is 16.7 Å². The highest BCUT2D eigenvalue weighted by atomic mass is 15.0. The Morgan fingerprint density at radius 3 is 1.46 bits per heavy atom. The molecule has 262 valence electrons. The van der Waals surface area contributed by atoms with Crippen molar-refractivity contribution >= 4 is 65.4 Å². The van der Waals surface area contributed by atoms with E-state index in [0.717, 1.165) is 82.8 Å². The van der Waals surface area contributed by atoms with Crippen LogP contribution in [-0.2, 0) is 0 Å². The summed E-state index contributed by atoms with van der Waals surface area (Å²) in [6, 6.07) is 64.8. The predicted molar refractivity (Wildman–Crippen MR) is 229 cm³/mol. The second-order valence-corrected chi connectivity index (χ2v) is 14.3. The highest BCUT2D eigenvalue weighted by Crippen LogP contribution is 2.41. The smallest absolute Gasteiger partial charge is 0.101 e. The van der Waals surface area contributed by atoms with Crippen molar-refractivity contribution in [2.75, 3.05) is 0 Å². The van der Waals surface area contributed by atoms with Gasteiger partial charge in [0.15, 0.2) is 0 Å². The lowest BCUT2D eigenvalue weighted by Crippen LogP contribution is -2.02. The predicted octanol–water partition coefficient (Wildman–Crippen LogP) is 12.3. The van der Waals surface area contributed by atoms with Gasteiger partial charge < -0.3 is 13.7 Å². The molecule has 6 heteroatoms. The van der Waals surface area contributed by atoms with Crippen LogP contribution in [0.5, 0.6) is 0 Å². The highest BCUT2D eigenvalue weighted by Gasteiger charge is 2.22. The maximum atomic E-state index is 10.6. The number of benzene rings is 8. The normalized spacial score (nSPS) is 11.5. The van der Waals surface area contributed by atoms with Gasteiger partial charge in [-0.05, 0) is 90.5 Å². The molecule has 0 saturated heterocycles.